The van der Waals surface area contributed by atoms with Crippen molar-refractivity contribution >= 4 is 16.3 Å². The zero-order chi connectivity index (χ0) is 7.49. The summed E-state index contributed by atoms with van der Waals surface area (Å²) in [7, 11) is -2.09. The summed E-state index contributed by atoms with van der Waals surface area (Å²) in [4.78, 5) is 9.89. The molecule has 0 saturated carbocycles. The third-order valence-corrected chi connectivity index (χ3v) is 2.62. The second-order valence-electron chi connectivity index (χ2n) is 1.59. The van der Waals surface area contributed by atoms with Crippen molar-refractivity contribution < 1.29 is 13.2 Å². The highest BCUT2D eigenvalue weighted by molar-refractivity contribution is 7.90. The zero-order valence-electron chi connectivity index (χ0n) is 5.29. The molecule has 0 amide bonds. The van der Waals surface area contributed by atoms with Crippen LogP contribution in [0.25, 0.3) is 0 Å². The fourth-order valence-electron chi connectivity index (χ4n) is 0.259. The quantitative estimate of drug-likeness (QED) is 0.533. The molecule has 0 bridgehead atoms. The van der Waals surface area contributed by atoms with Crippen LogP contribution in [0, 0.1) is 0 Å². The standard InChI is InChI=1S/C4H9NO3S/c1-4(3-6)9(7,8)5-2/h3-5H,1-2H3. The number of carbonyl (C=O) groups excluding carboxylic acids is 1. The van der Waals surface area contributed by atoms with E-state index in [4.69, 9.17) is 0 Å². The molecule has 9 heavy (non-hydrogen) atoms. The Kier molecular flexibility index (Phi) is 2.80. The van der Waals surface area contributed by atoms with Crippen LogP contribution in [0.4, 0.5) is 0 Å². The Labute approximate surface area is 54.3 Å². The third-order valence-electron chi connectivity index (χ3n) is 0.966. The van der Waals surface area contributed by atoms with Gasteiger partial charge in [0.25, 0.3) is 0 Å². The summed E-state index contributed by atoms with van der Waals surface area (Å²) in [5.74, 6) is 0. The molecule has 0 fully saturated rings. The first-order valence-electron chi connectivity index (χ1n) is 2.42. The van der Waals surface area contributed by atoms with Crippen LogP contribution in [0.2, 0.25) is 0 Å². The highest BCUT2D eigenvalue weighted by atomic mass is 32.2. The van der Waals surface area contributed by atoms with Crippen LogP contribution in [0.1, 0.15) is 6.92 Å². The van der Waals surface area contributed by atoms with Crippen LogP contribution < -0.4 is 4.72 Å². The Hall–Kier alpha value is -0.420. The fourth-order valence-corrected chi connectivity index (χ4v) is 0.777. The molecule has 1 atom stereocenters. The molecule has 0 heterocycles. The second-order valence-corrected chi connectivity index (χ2v) is 3.83. The summed E-state index contributed by atoms with van der Waals surface area (Å²) >= 11 is 0. The number of hydrogen-bond acceptors (Lipinski definition) is 3. The van der Waals surface area contributed by atoms with Crippen molar-refractivity contribution in [1.82, 2.24) is 4.72 Å². The van der Waals surface area contributed by atoms with E-state index in [0.717, 1.165) is 0 Å². The molecule has 0 aliphatic heterocycles. The molecule has 0 aliphatic carbocycles. The van der Waals surface area contributed by atoms with Gasteiger partial charge in [-0.3, -0.25) is 0 Å². The molecule has 0 aromatic rings. The molecule has 0 aromatic heterocycles. The molecule has 0 spiro atoms. The molecular formula is C4H9NO3S. The molecule has 0 aromatic carbocycles. The Balaban J connectivity index is 4.34. The summed E-state index contributed by atoms with van der Waals surface area (Å²) in [6.07, 6.45) is 0.381. The Morgan fingerprint density at radius 3 is 2.11 bits per heavy atom. The van der Waals surface area contributed by atoms with Gasteiger partial charge in [0.2, 0.25) is 10.0 Å². The van der Waals surface area contributed by atoms with E-state index in [1.54, 1.807) is 0 Å². The van der Waals surface area contributed by atoms with E-state index in [2.05, 4.69) is 0 Å². The van der Waals surface area contributed by atoms with Crippen molar-refractivity contribution in [1.29, 1.82) is 0 Å². The number of rotatable bonds is 3. The number of aldehydes is 1. The van der Waals surface area contributed by atoms with Crippen LogP contribution in [0.15, 0.2) is 0 Å². The second kappa shape index (κ2) is 2.93. The van der Waals surface area contributed by atoms with E-state index in [1.165, 1.54) is 14.0 Å². The first kappa shape index (κ1) is 8.58. The van der Waals surface area contributed by atoms with E-state index < -0.39 is 15.3 Å². The number of hydrogen-bond donors (Lipinski definition) is 1. The molecule has 0 aliphatic rings. The lowest BCUT2D eigenvalue weighted by Gasteiger charge is -2.01. The van der Waals surface area contributed by atoms with E-state index in [0.29, 0.717) is 6.29 Å². The monoisotopic (exact) mass is 151 g/mol. The van der Waals surface area contributed by atoms with Gasteiger partial charge in [0.15, 0.2) is 0 Å². The maximum absolute atomic E-state index is 10.6. The van der Waals surface area contributed by atoms with Gasteiger partial charge in [-0.1, -0.05) is 0 Å². The first-order chi connectivity index (χ1) is 4.04. The molecule has 1 unspecified atom stereocenters. The van der Waals surface area contributed by atoms with E-state index in [-0.39, 0.29) is 0 Å². The van der Waals surface area contributed by atoms with Gasteiger partial charge in [-0.05, 0) is 14.0 Å². The highest BCUT2D eigenvalue weighted by Gasteiger charge is 2.16. The van der Waals surface area contributed by atoms with E-state index in [9.17, 15) is 13.2 Å². The smallest absolute Gasteiger partial charge is 0.220 e. The van der Waals surface area contributed by atoms with Gasteiger partial charge >= 0.3 is 0 Å². The summed E-state index contributed by atoms with van der Waals surface area (Å²) in [6, 6.07) is 0. The maximum atomic E-state index is 10.6. The van der Waals surface area contributed by atoms with Crippen molar-refractivity contribution in [2.24, 2.45) is 0 Å². The maximum Gasteiger partial charge on any atom is 0.220 e. The Morgan fingerprint density at radius 1 is 1.56 bits per heavy atom. The summed E-state index contributed by atoms with van der Waals surface area (Å²) in [6.45, 7) is 1.32. The minimum absolute atomic E-state index is 0.381. The van der Waals surface area contributed by atoms with Crippen LogP contribution >= 0.6 is 0 Å². The van der Waals surface area contributed by atoms with Gasteiger partial charge in [-0.15, -0.1) is 0 Å². The van der Waals surface area contributed by atoms with Gasteiger partial charge in [0.1, 0.15) is 11.5 Å². The molecule has 0 saturated heterocycles. The predicted octanol–water partition coefficient (Wildman–Crippen LogP) is -0.877. The minimum atomic E-state index is -3.37. The van der Waals surface area contributed by atoms with Crippen LogP contribution in [0.5, 0.6) is 0 Å². The Bertz CT molecular complexity index is 184. The molecular weight excluding hydrogens is 142 g/mol. The lowest BCUT2D eigenvalue weighted by molar-refractivity contribution is -0.107. The topological polar surface area (TPSA) is 63.2 Å². The lowest BCUT2D eigenvalue weighted by Crippen LogP contribution is -2.30. The summed E-state index contributed by atoms with van der Waals surface area (Å²) in [5, 5.41) is -0.956. The zero-order valence-corrected chi connectivity index (χ0v) is 6.10. The van der Waals surface area contributed by atoms with Crippen LogP contribution in [0.3, 0.4) is 0 Å². The van der Waals surface area contributed by atoms with Gasteiger partial charge in [0.05, 0.1) is 0 Å². The van der Waals surface area contributed by atoms with Crippen LogP contribution in [-0.2, 0) is 14.8 Å². The average molecular weight is 151 g/mol. The van der Waals surface area contributed by atoms with Crippen LogP contribution in [-0.4, -0.2) is 27.0 Å². The van der Waals surface area contributed by atoms with Crippen molar-refractivity contribution in [2.75, 3.05) is 7.05 Å². The van der Waals surface area contributed by atoms with E-state index in [1.807, 2.05) is 4.72 Å². The van der Waals surface area contributed by atoms with E-state index >= 15 is 0 Å². The largest absolute Gasteiger partial charge is 0.302 e. The number of sulfonamides is 1. The number of carbonyl (C=O) groups is 1. The van der Waals surface area contributed by atoms with Gasteiger partial charge in [-0.25, -0.2) is 13.1 Å². The van der Waals surface area contributed by atoms with Crippen molar-refractivity contribution in [2.45, 2.75) is 12.2 Å². The summed E-state index contributed by atoms with van der Waals surface area (Å²) < 4.78 is 23.2. The van der Waals surface area contributed by atoms with Crippen molar-refractivity contribution in [3.63, 3.8) is 0 Å². The molecule has 1 N–H and O–H groups in total. The normalized spacial score (nSPS) is 14.9. The fraction of sp³-hybridized carbons (Fsp3) is 0.750. The first-order valence-corrected chi connectivity index (χ1v) is 3.97. The Morgan fingerprint density at radius 2 is 2.00 bits per heavy atom. The SMILES string of the molecule is CNS(=O)(=O)C(C)C=O. The average Bonchev–Trinajstić information content (AvgIpc) is 1.86. The van der Waals surface area contributed by atoms with Crippen molar-refractivity contribution in [3.05, 3.63) is 0 Å². The highest BCUT2D eigenvalue weighted by Crippen LogP contribution is 1.90. The van der Waals surface area contributed by atoms with Gasteiger partial charge in [0, 0.05) is 0 Å². The van der Waals surface area contributed by atoms with Crippen molar-refractivity contribution in [3.8, 4) is 0 Å². The predicted molar refractivity (Wildman–Crippen MR) is 33.5 cm³/mol. The summed E-state index contributed by atoms with van der Waals surface area (Å²) in [5.41, 5.74) is 0. The van der Waals surface area contributed by atoms with Gasteiger partial charge < -0.3 is 4.79 Å². The molecule has 0 radical (unpaired) electrons. The van der Waals surface area contributed by atoms with Gasteiger partial charge in [-0.2, -0.15) is 0 Å². The lowest BCUT2D eigenvalue weighted by atomic mass is 10.5. The minimum Gasteiger partial charge on any atom is -0.302 e. The third kappa shape index (κ3) is 2.11. The molecule has 4 nitrogen and oxygen atoms in total. The molecule has 0 rings (SSSR count). The molecule has 54 valence electrons. The number of nitrogens with one attached hydrogen (secondary N) is 1. The molecule has 5 heteroatoms.